The predicted molar refractivity (Wildman–Crippen MR) is 114 cm³/mol. The summed E-state index contributed by atoms with van der Waals surface area (Å²) in [5, 5.41) is 5.23. The highest BCUT2D eigenvalue weighted by Crippen LogP contribution is 2.21. The van der Waals surface area contributed by atoms with Gasteiger partial charge in [0.15, 0.2) is 0 Å². The first-order valence-corrected chi connectivity index (χ1v) is 10.5. The van der Waals surface area contributed by atoms with E-state index >= 15 is 0 Å². The molecular formula is C22H32N4O3. The van der Waals surface area contributed by atoms with Crippen LogP contribution in [-0.4, -0.2) is 63.2 Å². The van der Waals surface area contributed by atoms with Gasteiger partial charge in [0.1, 0.15) is 5.75 Å². The van der Waals surface area contributed by atoms with Crippen LogP contribution in [0.4, 0.5) is 10.5 Å². The molecule has 29 heavy (non-hydrogen) atoms. The maximum absolute atomic E-state index is 12.2. The number of carbonyl (C=O) groups excluding carboxylic acids is 2. The van der Waals surface area contributed by atoms with E-state index in [2.05, 4.69) is 38.6 Å². The lowest BCUT2D eigenvalue weighted by Crippen LogP contribution is -2.51. The van der Waals surface area contributed by atoms with Gasteiger partial charge in [0.25, 0.3) is 0 Å². The van der Waals surface area contributed by atoms with Crippen molar-refractivity contribution in [1.82, 2.24) is 15.5 Å². The fraction of sp³-hybridized carbons (Fsp3) is 0.545. The number of ether oxygens (including phenoxy) is 1. The number of hydrogen-bond acceptors (Lipinski definition) is 5. The normalized spacial score (nSPS) is 17.4. The molecule has 1 aliphatic carbocycles. The van der Waals surface area contributed by atoms with Crippen molar-refractivity contribution in [2.24, 2.45) is 0 Å². The summed E-state index contributed by atoms with van der Waals surface area (Å²) in [4.78, 5) is 28.5. The Morgan fingerprint density at radius 1 is 1.07 bits per heavy atom. The lowest BCUT2D eigenvalue weighted by molar-refractivity contribution is -0.121. The Morgan fingerprint density at radius 3 is 2.48 bits per heavy atom. The van der Waals surface area contributed by atoms with Crippen LogP contribution in [0.2, 0.25) is 0 Å². The molecule has 0 radical (unpaired) electrons. The molecule has 0 atom stereocenters. The topological polar surface area (TPSA) is 73.9 Å². The van der Waals surface area contributed by atoms with Crippen molar-refractivity contribution < 1.29 is 14.3 Å². The summed E-state index contributed by atoms with van der Waals surface area (Å²) in [5.74, 6) is 0.593. The third-order valence-electron chi connectivity index (χ3n) is 5.55. The molecule has 0 saturated carbocycles. The van der Waals surface area contributed by atoms with Gasteiger partial charge in [-0.2, -0.15) is 0 Å². The van der Waals surface area contributed by atoms with Crippen LogP contribution < -0.4 is 20.3 Å². The van der Waals surface area contributed by atoms with Crippen molar-refractivity contribution in [2.75, 3.05) is 51.3 Å². The first-order valence-electron chi connectivity index (χ1n) is 10.5. The second-order valence-electron chi connectivity index (χ2n) is 7.62. The highest BCUT2D eigenvalue weighted by atomic mass is 16.5. The molecule has 158 valence electrons. The second-order valence-corrected chi connectivity index (χ2v) is 7.62. The van der Waals surface area contributed by atoms with Gasteiger partial charge < -0.3 is 15.0 Å². The van der Waals surface area contributed by atoms with Crippen LogP contribution >= 0.6 is 0 Å². The monoisotopic (exact) mass is 400 g/mol. The van der Waals surface area contributed by atoms with Crippen LogP contribution in [0.1, 0.15) is 32.1 Å². The zero-order valence-electron chi connectivity index (χ0n) is 17.3. The average molecular weight is 401 g/mol. The van der Waals surface area contributed by atoms with Crippen LogP contribution in [0, 0.1) is 0 Å². The van der Waals surface area contributed by atoms with Gasteiger partial charge in [-0.05, 0) is 56.4 Å². The zero-order chi connectivity index (χ0) is 20.5. The predicted octanol–water partition coefficient (Wildman–Crippen LogP) is 2.53. The fourth-order valence-electron chi connectivity index (χ4n) is 3.84. The number of nitrogens with one attached hydrogen (secondary N) is 2. The Kier molecular flexibility index (Phi) is 7.93. The largest absolute Gasteiger partial charge is 0.497 e. The van der Waals surface area contributed by atoms with Crippen LogP contribution in [0.3, 0.4) is 0 Å². The molecule has 1 heterocycles. The molecular weight excluding hydrogens is 368 g/mol. The van der Waals surface area contributed by atoms with Crippen LogP contribution in [0.15, 0.2) is 35.9 Å². The molecule has 1 aromatic rings. The molecule has 0 spiro atoms. The smallest absolute Gasteiger partial charge is 0.321 e. The highest BCUT2D eigenvalue weighted by Gasteiger charge is 2.20. The molecule has 1 saturated heterocycles. The Labute approximate surface area is 173 Å². The Balaban J connectivity index is 1.32. The SMILES string of the molecule is COc1ccc(N2CCN(CC(=O)NC(=O)NCCC3=CCCCC3)CC2)cc1. The van der Waals surface area contributed by atoms with E-state index in [0.717, 1.165) is 56.9 Å². The molecule has 7 heteroatoms. The lowest BCUT2D eigenvalue weighted by atomic mass is 9.97. The number of carbonyl (C=O) groups is 2. The first-order chi connectivity index (χ1) is 14.1. The summed E-state index contributed by atoms with van der Waals surface area (Å²) in [7, 11) is 1.66. The van der Waals surface area contributed by atoms with Gasteiger partial charge in [-0.3, -0.25) is 15.0 Å². The van der Waals surface area contributed by atoms with Crippen LogP contribution in [-0.2, 0) is 4.79 Å². The second kappa shape index (κ2) is 10.9. The molecule has 1 fully saturated rings. The number of amides is 3. The molecule has 2 N–H and O–H groups in total. The quantitative estimate of drug-likeness (QED) is 0.688. The van der Waals surface area contributed by atoms with Gasteiger partial charge in [0.2, 0.25) is 5.91 Å². The number of allylic oxidation sites excluding steroid dienone is 1. The molecule has 1 aromatic carbocycles. The first kappa shape index (κ1) is 21.2. The number of piperazine rings is 1. The Bertz CT molecular complexity index is 709. The van der Waals surface area contributed by atoms with Crippen molar-refractivity contribution in [3.8, 4) is 5.75 Å². The Hall–Kier alpha value is -2.54. The van der Waals surface area contributed by atoms with Gasteiger partial charge in [-0.1, -0.05) is 11.6 Å². The van der Waals surface area contributed by atoms with Gasteiger partial charge in [-0.25, -0.2) is 4.79 Å². The van der Waals surface area contributed by atoms with E-state index in [-0.39, 0.29) is 12.5 Å². The van der Waals surface area contributed by atoms with Gasteiger partial charge in [0.05, 0.1) is 13.7 Å². The molecule has 3 amide bonds. The third kappa shape index (κ3) is 6.78. The lowest BCUT2D eigenvalue weighted by Gasteiger charge is -2.35. The van der Waals surface area contributed by atoms with Gasteiger partial charge in [0, 0.05) is 38.4 Å². The summed E-state index contributed by atoms with van der Waals surface area (Å²) in [6.07, 6.45) is 7.92. The number of hydrogen-bond donors (Lipinski definition) is 2. The third-order valence-corrected chi connectivity index (χ3v) is 5.55. The number of nitrogens with zero attached hydrogens (tertiary/aromatic N) is 2. The molecule has 1 aliphatic heterocycles. The van der Waals surface area contributed by atoms with Crippen molar-refractivity contribution in [3.63, 3.8) is 0 Å². The van der Waals surface area contributed by atoms with E-state index in [9.17, 15) is 9.59 Å². The number of benzene rings is 1. The Morgan fingerprint density at radius 2 is 1.83 bits per heavy atom. The maximum atomic E-state index is 12.2. The number of rotatable bonds is 7. The molecule has 0 aromatic heterocycles. The molecule has 0 unspecified atom stereocenters. The highest BCUT2D eigenvalue weighted by molar-refractivity contribution is 5.95. The summed E-state index contributed by atoms with van der Waals surface area (Å²) in [5.41, 5.74) is 2.57. The minimum atomic E-state index is -0.400. The molecule has 2 aliphatic rings. The molecule has 7 nitrogen and oxygen atoms in total. The van der Waals surface area contributed by atoms with Crippen LogP contribution in [0.25, 0.3) is 0 Å². The molecule has 3 rings (SSSR count). The fourth-order valence-corrected chi connectivity index (χ4v) is 3.84. The van der Waals surface area contributed by atoms with Crippen molar-refractivity contribution in [3.05, 3.63) is 35.9 Å². The summed E-state index contributed by atoms with van der Waals surface area (Å²) >= 11 is 0. The van der Waals surface area contributed by atoms with E-state index < -0.39 is 6.03 Å². The van der Waals surface area contributed by atoms with E-state index in [0.29, 0.717) is 6.54 Å². The number of urea groups is 1. The minimum Gasteiger partial charge on any atom is -0.497 e. The molecule has 0 bridgehead atoms. The van der Waals surface area contributed by atoms with Crippen molar-refractivity contribution >= 4 is 17.6 Å². The zero-order valence-corrected chi connectivity index (χ0v) is 17.3. The van der Waals surface area contributed by atoms with E-state index in [1.54, 1.807) is 7.11 Å². The van der Waals surface area contributed by atoms with Gasteiger partial charge >= 0.3 is 6.03 Å². The number of imide groups is 1. The van der Waals surface area contributed by atoms with Crippen molar-refractivity contribution in [1.29, 1.82) is 0 Å². The van der Waals surface area contributed by atoms with E-state index in [1.807, 2.05) is 12.1 Å². The van der Waals surface area contributed by atoms with Gasteiger partial charge in [-0.15, -0.1) is 0 Å². The van der Waals surface area contributed by atoms with E-state index in [4.69, 9.17) is 4.74 Å². The minimum absolute atomic E-state index is 0.245. The average Bonchev–Trinajstić information content (AvgIpc) is 2.75. The number of methoxy groups -OCH3 is 1. The summed E-state index contributed by atoms with van der Waals surface area (Å²) in [6, 6.07) is 7.62. The number of anilines is 1. The summed E-state index contributed by atoms with van der Waals surface area (Å²) < 4.78 is 5.20. The summed E-state index contributed by atoms with van der Waals surface area (Å²) in [6.45, 7) is 4.09. The standard InChI is InChI=1S/C22H32N4O3/c1-29-20-9-7-19(8-10-20)26-15-13-25(14-16-26)17-21(27)24-22(28)23-12-11-18-5-3-2-4-6-18/h5,7-10H,2-4,6,11-17H2,1H3,(H2,23,24,27,28). The van der Waals surface area contributed by atoms with Crippen molar-refractivity contribution in [2.45, 2.75) is 32.1 Å². The van der Waals surface area contributed by atoms with E-state index in [1.165, 1.54) is 18.4 Å². The maximum Gasteiger partial charge on any atom is 0.321 e. The van der Waals surface area contributed by atoms with Crippen LogP contribution in [0.5, 0.6) is 5.75 Å².